The van der Waals surface area contributed by atoms with Crippen LogP contribution in [-0.2, 0) is 10.0 Å². The Morgan fingerprint density at radius 2 is 2.18 bits per heavy atom. The zero-order chi connectivity index (χ0) is 13.1. The molecule has 0 amide bonds. The summed E-state index contributed by atoms with van der Waals surface area (Å²) in [4.78, 5) is 14.1. The molecule has 0 aromatic carbocycles. The number of nitrogens with zero attached hydrogens (tertiary/aromatic N) is 1. The van der Waals surface area contributed by atoms with E-state index in [4.69, 9.17) is 10.2 Å². The number of aliphatic hydroxyl groups is 1. The molecule has 1 aromatic heterocycles. The van der Waals surface area contributed by atoms with Gasteiger partial charge < -0.3 is 10.2 Å². The van der Waals surface area contributed by atoms with Crippen LogP contribution < -0.4 is 4.72 Å². The SMILES string of the molecule is C[C@H](O)CNS(=O)(=O)c1ccc(C(=O)O)cn1. The molecule has 0 fully saturated rings. The molecule has 17 heavy (non-hydrogen) atoms. The first kappa shape index (κ1) is 13.6. The smallest absolute Gasteiger partial charge is 0.337 e. The van der Waals surface area contributed by atoms with Crippen molar-refractivity contribution in [3.63, 3.8) is 0 Å². The average Bonchev–Trinajstić information content (AvgIpc) is 2.27. The predicted molar refractivity (Wildman–Crippen MR) is 58.1 cm³/mol. The van der Waals surface area contributed by atoms with Crippen LogP contribution in [0.3, 0.4) is 0 Å². The minimum absolute atomic E-state index is 0.0977. The number of carboxylic acids is 1. The van der Waals surface area contributed by atoms with Gasteiger partial charge in [-0.2, -0.15) is 0 Å². The number of hydrogen-bond acceptors (Lipinski definition) is 5. The summed E-state index contributed by atoms with van der Waals surface area (Å²) >= 11 is 0. The summed E-state index contributed by atoms with van der Waals surface area (Å²) in [5.41, 5.74) is -0.0977. The second-order valence-electron chi connectivity index (χ2n) is 3.39. The summed E-state index contributed by atoms with van der Waals surface area (Å²) in [5.74, 6) is -1.18. The molecule has 1 heterocycles. The first-order valence-electron chi connectivity index (χ1n) is 4.70. The largest absolute Gasteiger partial charge is 0.478 e. The monoisotopic (exact) mass is 260 g/mol. The summed E-state index contributed by atoms with van der Waals surface area (Å²) < 4.78 is 25.3. The van der Waals surface area contributed by atoms with E-state index in [9.17, 15) is 13.2 Å². The Labute approximate surface area is 98.2 Å². The number of hydrogen-bond donors (Lipinski definition) is 3. The number of aliphatic hydroxyl groups excluding tert-OH is 1. The summed E-state index contributed by atoms with van der Waals surface area (Å²) in [7, 11) is -3.81. The van der Waals surface area contributed by atoms with E-state index in [-0.39, 0.29) is 17.1 Å². The standard InChI is InChI=1S/C9H12N2O5S/c1-6(12)4-11-17(15,16)8-3-2-7(5-10-8)9(13)14/h2-3,5-6,11-12H,4H2,1H3,(H,13,14)/t6-/m0/s1. The maximum atomic E-state index is 11.6. The number of nitrogens with one attached hydrogen (secondary N) is 1. The van der Waals surface area contributed by atoms with E-state index < -0.39 is 22.1 Å². The maximum Gasteiger partial charge on any atom is 0.337 e. The van der Waals surface area contributed by atoms with Gasteiger partial charge in [-0.25, -0.2) is 22.9 Å². The lowest BCUT2D eigenvalue weighted by atomic mass is 10.3. The average molecular weight is 260 g/mol. The molecular formula is C9H12N2O5S. The van der Waals surface area contributed by atoms with Crippen molar-refractivity contribution in [2.45, 2.75) is 18.1 Å². The maximum absolute atomic E-state index is 11.6. The van der Waals surface area contributed by atoms with E-state index in [1.54, 1.807) is 0 Å². The third kappa shape index (κ3) is 3.77. The van der Waals surface area contributed by atoms with Gasteiger partial charge in [-0.1, -0.05) is 0 Å². The Bertz CT molecular complexity index is 495. The Hall–Kier alpha value is -1.51. The highest BCUT2D eigenvalue weighted by atomic mass is 32.2. The van der Waals surface area contributed by atoms with E-state index in [1.807, 2.05) is 0 Å². The molecule has 0 aliphatic rings. The van der Waals surface area contributed by atoms with Gasteiger partial charge in [0, 0.05) is 12.7 Å². The van der Waals surface area contributed by atoms with Gasteiger partial charge in [-0.15, -0.1) is 0 Å². The number of carboxylic acid groups (broad SMARTS) is 1. The van der Waals surface area contributed by atoms with E-state index in [1.165, 1.54) is 6.92 Å². The van der Waals surface area contributed by atoms with E-state index in [2.05, 4.69) is 9.71 Å². The molecule has 0 unspecified atom stereocenters. The van der Waals surface area contributed by atoms with Crippen LogP contribution in [0.15, 0.2) is 23.4 Å². The van der Waals surface area contributed by atoms with Crippen LogP contribution in [-0.4, -0.2) is 42.2 Å². The van der Waals surface area contributed by atoms with Crippen molar-refractivity contribution in [2.75, 3.05) is 6.54 Å². The Balaban J connectivity index is 2.89. The lowest BCUT2D eigenvalue weighted by molar-refractivity contribution is 0.0696. The number of aromatic carboxylic acids is 1. The fraction of sp³-hybridized carbons (Fsp3) is 0.333. The molecule has 0 radical (unpaired) electrons. The van der Waals surface area contributed by atoms with Gasteiger partial charge in [0.15, 0.2) is 5.03 Å². The van der Waals surface area contributed by atoms with Crippen molar-refractivity contribution in [1.29, 1.82) is 0 Å². The van der Waals surface area contributed by atoms with Gasteiger partial charge in [0.2, 0.25) is 0 Å². The third-order valence-corrected chi connectivity index (χ3v) is 3.17. The minimum atomic E-state index is -3.81. The molecule has 1 rings (SSSR count). The van der Waals surface area contributed by atoms with E-state index >= 15 is 0 Å². The highest BCUT2D eigenvalue weighted by Gasteiger charge is 2.16. The molecule has 94 valence electrons. The summed E-state index contributed by atoms with van der Waals surface area (Å²) in [6.45, 7) is 1.30. The zero-order valence-corrected chi connectivity index (χ0v) is 9.81. The molecule has 0 saturated heterocycles. The van der Waals surface area contributed by atoms with Crippen molar-refractivity contribution in [3.05, 3.63) is 23.9 Å². The predicted octanol–water partition coefficient (Wildman–Crippen LogP) is -0.561. The van der Waals surface area contributed by atoms with Crippen LogP contribution in [0.2, 0.25) is 0 Å². The van der Waals surface area contributed by atoms with Crippen LogP contribution >= 0.6 is 0 Å². The van der Waals surface area contributed by atoms with Crippen molar-refractivity contribution in [2.24, 2.45) is 0 Å². The van der Waals surface area contributed by atoms with Crippen LogP contribution in [0.25, 0.3) is 0 Å². The molecule has 0 aliphatic heterocycles. The van der Waals surface area contributed by atoms with Gasteiger partial charge in [0.25, 0.3) is 10.0 Å². The van der Waals surface area contributed by atoms with Crippen LogP contribution in [0, 0.1) is 0 Å². The Morgan fingerprint density at radius 3 is 2.59 bits per heavy atom. The molecule has 7 nitrogen and oxygen atoms in total. The van der Waals surface area contributed by atoms with E-state index in [0.717, 1.165) is 18.3 Å². The molecule has 0 aliphatic carbocycles. The van der Waals surface area contributed by atoms with Crippen molar-refractivity contribution >= 4 is 16.0 Å². The normalized spacial score (nSPS) is 13.3. The molecule has 0 spiro atoms. The van der Waals surface area contributed by atoms with Gasteiger partial charge in [-0.3, -0.25) is 0 Å². The summed E-state index contributed by atoms with van der Waals surface area (Å²) in [6, 6.07) is 2.24. The Morgan fingerprint density at radius 1 is 1.53 bits per heavy atom. The fourth-order valence-electron chi connectivity index (χ4n) is 0.970. The molecule has 1 atom stereocenters. The number of aromatic nitrogens is 1. The minimum Gasteiger partial charge on any atom is -0.478 e. The summed E-state index contributed by atoms with van der Waals surface area (Å²) in [5, 5.41) is 17.3. The molecule has 1 aromatic rings. The zero-order valence-electron chi connectivity index (χ0n) is 8.99. The quantitative estimate of drug-likeness (QED) is 0.653. The fourth-order valence-corrected chi connectivity index (χ4v) is 2.02. The number of pyridine rings is 1. The second kappa shape index (κ2) is 5.21. The van der Waals surface area contributed by atoms with Crippen molar-refractivity contribution in [1.82, 2.24) is 9.71 Å². The molecule has 3 N–H and O–H groups in total. The van der Waals surface area contributed by atoms with Gasteiger partial charge in [0.1, 0.15) is 0 Å². The lowest BCUT2D eigenvalue weighted by Gasteiger charge is -2.07. The van der Waals surface area contributed by atoms with E-state index in [0.29, 0.717) is 0 Å². The van der Waals surface area contributed by atoms with Gasteiger partial charge in [0.05, 0.1) is 11.7 Å². The number of carbonyl (C=O) groups is 1. The highest BCUT2D eigenvalue weighted by molar-refractivity contribution is 7.89. The second-order valence-corrected chi connectivity index (χ2v) is 5.11. The molecule has 8 heteroatoms. The first-order valence-corrected chi connectivity index (χ1v) is 6.18. The first-order chi connectivity index (χ1) is 7.83. The molecular weight excluding hydrogens is 248 g/mol. The van der Waals surface area contributed by atoms with Gasteiger partial charge in [-0.05, 0) is 19.1 Å². The highest BCUT2D eigenvalue weighted by Crippen LogP contribution is 2.06. The topological polar surface area (TPSA) is 117 Å². The van der Waals surface area contributed by atoms with Crippen LogP contribution in [0.5, 0.6) is 0 Å². The molecule has 0 bridgehead atoms. The lowest BCUT2D eigenvalue weighted by Crippen LogP contribution is -2.31. The number of sulfonamides is 1. The molecule has 0 saturated carbocycles. The number of rotatable bonds is 5. The summed E-state index contributed by atoms with van der Waals surface area (Å²) in [6.07, 6.45) is 0.141. The van der Waals surface area contributed by atoms with Crippen LogP contribution in [0.4, 0.5) is 0 Å². The van der Waals surface area contributed by atoms with Crippen LogP contribution in [0.1, 0.15) is 17.3 Å². The van der Waals surface area contributed by atoms with Crippen molar-refractivity contribution < 1.29 is 23.4 Å². The Kier molecular flexibility index (Phi) is 4.16. The van der Waals surface area contributed by atoms with Gasteiger partial charge >= 0.3 is 5.97 Å². The van der Waals surface area contributed by atoms with Crippen molar-refractivity contribution in [3.8, 4) is 0 Å². The third-order valence-electron chi connectivity index (χ3n) is 1.83.